The average molecular weight is 194 g/mol. The molecule has 0 amide bonds. The number of aromatic nitrogens is 1. The van der Waals surface area contributed by atoms with Crippen LogP contribution in [0.5, 0.6) is 5.88 Å². The van der Waals surface area contributed by atoms with Crippen molar-refractivity contribution in [2.24, 2.45) is 0 Å². The molecule has 2 rings (SSSR count). The number of aromatic hydroxyl groups is 1. The van der Waals surface area contributed by atoms with E-state index < -0.39 is 0 Å². The molecule has 65 valence electrons. The van der Waals surface area contributed by atoms with Crippen molar-refractivity contribution in [2.45, 2.75) is 0 Å². The van der Waals surface area contributed by atoms with E-state index in [4.69, 9.17) is 5.11 Å². The molecule has 0 aliphatic carbocycles. The summed E-state index contributed by atoms with van der Waals surface area (Å²) in [5, 5.41) is 12.1. The monoisotopic (exact) mass is 194 g/mol. The minimum Gasteiger partial charge on any atom is -0.492 e. The van der Waals surface area contributed by atoms with Gasteiger partial charge in [0, 0.05) is 5.56 Å². The van der Waals surface area contributed by atoms with Crippen LogP contribution in [0, 0.1) is 11.2 Å². The van der Waals surface area contributed by atoms with Crippen molar-refractivity contribution >= 4 is 11.3 Å². The molecule has 1 radical (unpaired) electrons. The fourth-order valence-corrected chi connectivity index (χ4v) is 1.59. The Balaban J connectivity index is 2.46. The first-order valence-electron chi connectivity index (χ1n) is 3.59. The number of thiazole rings is 1. The van der Waals surface area contributed by atoms with Crippen molar-refractivity contribution in [3.05, 3.63) is 35.5 Å². The molecule has 2 aromatic rings. The van der Waals surface area contributed by atoms with Gasteiger partial charge in [-0.25, -0.2) is 9.37 Å². The zero-order valence-corrected chi connectivity index (χ0v) is 7.31. The number of rotatable bonds is 1. The summed E-state index contributed by atoms with van der Waals surface area (Å²) in [5.41, 5.74) is 0.654. The molecular formula is C9H5FNOS. The lowest BCUT2D eigenvalue weighted by Crippen LogP contribution is -1.77. The Morgan fingerprint density at radius 1 is 1.46 bits per heavy atom. The first kappa shape index (κ1) is 8.19. The summed E-state index contributed by atoms with van der Waals surface area (Å²) in [4.78, 5) is 3.77. The maximum atomic E-state index is 12.8. The van der Waals surface area contributed by atoms with Gasteiger partial charge in [0.2, 0.25) is 5.88 Å². The van der Waals surface area contributed by atoms with E-state index in [1.165, 1.54) is 12.1 Å². The molecule has 0 atom stereocenters. The number of benzene rings is 1. The van der Waals surface area contributed by atoms with Crippen LogP contribution >= 0.6 is 11.3 Å². The van der Waals surface area contributed by atoms with Gasteiger partial charge in [0.25, 0.3) is 0 Å². The number of halogens is 1. The van der Waals surface area contributed by atoms with Gasteiger partial charge in [-0.05, 0) is 12.1 Å². The Hall–Kier alpha value is -1.42. The Morgan fingerprint density at radius 2 is 2.31 bits per heavy atom. The van der Waals surface area contributed by atoms with Crippen molar-refractivity contribution < 1.29 is 9.50 Å². The highest BCUT2D eigenvalue weighted by atomic mass is 32.1. The predicted molar refractivity (Wildman–Crippen MR) is 48.0 cm³/mol. The Morgan fingerprint density at radius 3 is 2.92 bits per heavy atom. The normalized spacial score (nSPS) is 10.2. The molecule has 1 aromatic heterocycles. The van der Waals surface area contributed by atoms with Crippen molar-refractivity contribution in [3.8, 4) is 16.5 Å². The molecule has 1 N–H and O–H groups in total. The highest BCUT2D eigenvalue weighted by molar-refractivity contribution is 7.12. The maximum Gasteiger partial charge on any atom is 0.231 e. The lowest BCUT2D eigenvalue weighted by molar-refractivity contribution is 0.457. The second kappa shape index (κ2) is 3.14. The molecule has 0 spiro atoms. The third kappa shape index (κ3) is 1.67. The highest BCUT2D eigenvalue weighted by Gasteiger charge is 2.04. The molecule has 13 heavy (non-hydrogen) atoms. The van der Waals surface area contributed by atoms with Gasteiger partial charge in [0.05, 0.1) is 0 Å². The van der Waals surface area contributed by atoms with E-state index >= 15 is 0 Å². The highest BCUT2D eigenvalue weighted by Crippen LogP contribution is 2.25. The molecule has 2 nitrogen and oxygen atoms in total. The van der Waals surface area contributed by atoms with Crippen LogP contribution in [0.3, 0.4) is 0 Å². The van der Waals surface area contributed by atoms with E-state index in [1.54, 1.807) is 12.1 Å². The van der Waals surface area contributed by atoms with Crippen LogP contribution in [-0.2, 0) is 0 Å². The summed E-state index contributed by atoms with van der Waals surface area (Å²) < 4.78 is 12.8. The zero-order valence-electron chi connectivity index (χ0n) is 6.49. The molecule has 0 unspecified atom stereocenters. The van der Waals surface area contributed by atoms with Crippen LogP contribution in [0.4, 0.5) is 4.39 Å². The maximum absolute atomic E-state index is 12.8. The molecule has 1 heterocycles. The minimum atomic E-state index is -0.313. The molecular weight excluding hydrogens is 189 g/mol. The molecule has 1 aromatic carbocycles. The van der Waals surface area contributed by atoms with Crippen molar-refractivity contribution in [1.29, 1.82) is 0 Å². The predicted octanol–water partition coefficient (Wildman–Crippen LogP) is 2.45. The van der Waals surface area contributed by atoms with Crippen molar-refractivity contribution in [3.63, 3.8) is 0 Å². The quantitative estimate of drug-likeness (QED) is 0.756. The van der Waals surface area contributed by atoms with Gasteiger partial charge in [-0.1, -0.05) is 12.1 Å². The first-order chi connectivity index (χ1) is 6.25. The zero-order chi connectivity index (χ0) is 9.26. The largest absolute Gasteiger partial charge is 0.492 e. The van der Waals surface area contributed by atoms with Gasteiger partial charge in [-0.15, -0.1) is 11.3 Å². The minimum absolute atomic E-state index is 0.149. The summed E-state index contributed by atoms with van der Waals surface area (Å²) in [6, 6.07) is 6.06. The van der Waals surface area contributed by atoms with Gasteiger partial charge < -0.3 is 5.11 Å². The molecule has 0 fully saturated rings. The summed E-state index contributed by atoms with van der Waals surface area (Å²) in [6.45, 7) is 0. The van der Waals surface area contributed by atoms with Crippen LogP contribution < -0.4 is 0 Å². The number of nitrogens with zero attached hydrogens (tertiary/aromatic N) is 1. The molecule has 4 heteroatoms. The fraction of sp³-hybridized carbons (Fsp3) is 0. The fourth-order valence-electron chi connectivity index (χ4n) is 0.981. The standard InChI is InChI=1S/C9H5FNOS/c10-7-3-1-2-6(4-7)9-11-8(12)5-13-9/h1-4,12H. The molecule has 0 aliphatic rings. The number of hydrogen-bond acceptors (Lipinski definition) is 3. The van der Waals surface area contributed by atoms with E-state index in [0.29, 0.717) is 10.6 Å². The lowest BCUT2D eigenvalue weighted by atomic mass is 10.2. The Kier molecular flexibility index (Phi) is 1.98. The van der Waals surface area contributed by atoms with Gasteiger partial charge in [0.15, 0.2) is 0 Å². The number of hydrogen-bond donors (Lipinski definition) is 1. The third-order valence-corrected chi connectivity index (χ3v) is 2.32. The summed E-state index contributed by atoms with van der Waals surface area (Å²) in [6.07, 6.45) is 0. The van der Waals surface area contributed by atoms with Gasteiger partial charge >= 0.3 is 0 Å². The molecule has 0 bridgehead atoms. The Labute approximate surface area is 78.3 Å². The topological polar surface area (TPSA) is 33.1 Å². The summed E-state index contributed by atoms with van der Waals surface area (Å²) in [5.74, 6) is -0.462. The van der Waals surface area contributed by atoms with Crippen LogP contribution in [-0.4, -0.2) is 10.1 Å². The van der Waals surface area contributed by atoms with Crippen LogP contribution in [0.25, 0.3) is 10.6 Å². The van der Waals surface area contributed by atoms with Crippen molar-refractivity contribution in [2.75, 3.05) is 0 Å². The summed E-state index contributed by atoms with van der Waals surface area (Å²) in [7, 11) is 0. The van der Waals surface area contributed by atoms with E-state index in [2.05, 4.69) is 10.4 Å². The lowest BCUT2D eigenvalue weighted by Gasteiger charge is -1.94. The van der Waals surface area contributed by atoms with E-state index in [1.807, 2.05) is 0 Å². The average Bonchev–Trinajstić information content (AvgIpc) is 2.52. The van der Waals surface area contributed by atoms with E-state index in [9.17, 15) is 4.39 Å². The molecule has 0 saturated carbocycles. The second-order valence-corrected chi connectivity index (χ2v) is 3.25. The van der Waals surface area contributed by atoms with Crippen LogP contribution in [0.2, 0.25) is 0 Å². The Bertz CT molecular complexity index is 427. The van der Waals surface area contributed by atoms with Crippen LogP contribution in [0.1, 0.15) is 0 Å². The van der Waals surface area contributed by atoms with Crippen LogP contribution in [0.15, 0.2) is 24.3 Å². The smallest absolute Gasteiger partial charge is 0.231 e. The second-order valence-electron chi connectivity index (χ2n) is 2.46. The third-order valence-electron chi connectivity index (χ3n) is 1.52. The molecule has 0 saturated heterocycles. The van der Waals surface area contributed by atoms with Crippen molar-refractivity contribution in [1.82, 2.24) is 4.98 Å². The van der Waals surface area contributed by atoms with E-state index in [-0.39, 0.29) is 11.7 Å². The van der Waals surface area contributed by atoms with Gasteiger partial charge in [-0.3, -0.25) is 0 Å². The van der Waals surface area contributed by atoms with Gasteiger partial charge in [0.1, 0.15) is 16.2 Å². The summed E-state index contributed by atoms with van der Waals surface area (Å²) >= 11 is 1.16. The molecule has 0 aliphatic heterocycles. The van der Waals surface area contributed by atoms with Gasteiger partial charge in [-0.2, -0.15) is 0 Å². The SMILES string of the molecule is Oc1[c]sc(-c2cccc(F)c2)n1. The van der Waals surface area contributed by atoms with E-state index in [0.717, 1.165) is 11.3 Å². The first-order valence-corrected chi connectivity index (χ1v) is 4.41.